The molecule has 0 bridgehead atoms. The molecule has 1 rings (SSSR count). The van der Waals surface area contributed by atoms with Gasteiger partial charge < -0.3 is 5.32 Å². The number of hydrogen-bond acceptors (Lipinski definition) is 1. The lowest BCUT2D eigenvalue weighted by atomic mass is 10.3. The van der Waals surface area contributed by atoms with E-state index in [1.165, 1.54) is 18.2 Å². The first-order chi connectivity index (χ1) is 5.47. The number of hydrogen-bond donors (Lipinski definition) is 1. The third-order valence-corrected chi connectivity index (χ3v) is 0.969. The Bertz CT molecular complexity index is 272. The molecule has 0 amide bonds. The van der Waals surface area contributed by atoms with E-state index in [1.807, 2.05) is 0 Å². The minimum absolute atomic E-state index is 0.259. The zero-order valence-electron chi connectivity index (χ0n) is 7.69. The Hall–Kier alpha value is -1.05. The number of nitrogens with one attached hydrogen (secondary N) is 1. The molecule has 0 aliphatic rings. The van der Waals surface area contributed by atoms with Crippen LogP contribution >= 0.6 is 0 Å². The molecule has 0 heterocycles. The molecule has 0 unspecified atom stereocenters. The number of rotatable bonds is 1. The van der Waals surface area contributed by atoms with Gasteiger partial charge in [0.25, 0.3) is 0 Å². The van der Waals surface area contributed by atoms with Gasteiger partial charge in [0.05, 0.1) is 0 Å². The fraction of sp³-hybridized carbons (Fsp3) is 0.143. The van der Waals surface area contributed by atoms with Crippen molar-refractivity contribution in [2.45, 2.75) is 0 Å². The lowest BCUT2D eigenvalue weighted by Crippen LogP contribution is -1.86. The van der Waals surface area contributed by atoms with Crippen molar-refractivity contribution in [1.82, 2.24) is 0 Å². The monoisotopic (exact) mass is 128 g/mol. The Kier molecular flexibility index (Phi) is 0.884. The highest BCUT2D eigenvalue weighted by atomic mass is 19.1. The highest BCUT2D eigenvalue weighted by molar-refractivity contribution is 5.41. The van der Waals surface area contributed by atoms with Crippen molar-refractivity contribution in [3.63, 3.8) is 0 Å². The van der Waals surface area contributed by atoms with Crippen LogP contribution < -0.4 is 5.32 Å². The zero-order chi connectivity index (χ0) is 9.19. The minimum atomic E-state index is -2.27. The highest BCUT2D eigenvalue weighted by Crippen LogP contribution is 2.06. The summed E-state index contributed by atoms with van der Waals surface area (Å²) in [6.45, 7) is -2.27. The molecule has 0 saturated carbocycles. The van der Waals surface area contributed by atoms with E-state index < -0.39 is 12.8 Å². The van der Waals surface area contributed by atoms with Crippen LogP contribution in [-0.2, 0) is 0 Å². The third-order valence-electron chi connectivity index (χ3n) is 0.969. The van der Waals surface area contributed by atoms with Gasteiger partial charge in [-0.3, -0.25) is 0 Å². The summed E-state index contributed by atoms with van der Waals surface area (Å²) in [5.41, 5.74) is 0.259. The van der Waals surface area contributed by atoms with Crippen LogP contribution in [0, 0.1) is 5.82 Å². The summed E-state index contributed by atoms with van der Waals surface area (Å²) in [6, 6.07) is 5.33. The fourth-order valence-electron chi connectivity index (χ4n) is 0.566. The average molecular weight is 128 g/mol. The predicted molar refractivity (Wildman–Crippen MR) is 35.9 cm³/mol. The van der Waals surface area contributed by atoms with Crippen molar-refractivity contribution >= 4 is 5.69 Å². The van der Waals surface area contributed by atoms with Crippen LogP contribution in [0.1, 0.15) is 4.11 Å². The van der Waals surface area contributed by atoms with Gasteiger partial charge in [-0.25, -0.2) is 4.39 Å². The molecular formula is C7H8FN. The van der Waals surface area contributed by atoms with Crippen LogP contribution in [0.25, 0.3) is 0 Å². The topological polar surface area (TPSA) is 12.0 Å². The minimum Gasteiger partial charge on any atom is -0.388 e. The molecule has 2 heteroatoms. The largest absolute Gasteiger partial charge is 0.388 e. The number of benzene rings is 1. The summed E-state index contributed by atoms with van der Waals surface area (Å²) in [5.74, 6) is -0.454. The van der Waals surface area contributed by atoms with Gasteiger partial charge >= 0.3 is 0 Å². The van der Waals surface area contributed by atoms with Crippen molar-refractivity contribution in [3.05, 3.63) is 30.1 Å². The van der Waals surface area contributed by atoms with Crippen LogP contribution in [0.4, 0.5) is 10.1 Å². The molecule has 9 heavy (non-hydrogen) atoms. The van der Waals surface area contributed by atoms with Crippen LogP contribution in [0.2, 0.25) is 0 Å². The molecule has 0 radical (unpaired) electrons. The standard InChI is InChI=1S/C7H8FN/c1-9-7-4-2-3-6(8)5-7/h2-5,9H,1H3/i1D3. The molecule has 0 saturated heterocycles. The lowest BCUT2D eigenvalue weighted by molar-refractivity contribution is 0.628. The third kappa shape index (κ3) is 1.42. The second-order valence-corrected chi connectivity index (χ2v) is 1.64. The molecule has 1 aromatic rings. The predicted octanol–water partition coefficient (Wildman–Crippen LogP) is 1.87. The van der Waals surface area contributed by atoms with E-state index in [0.29, 0.717) is 0 Å². The Labute approximate surface area is 57.7 Å². The summed E-state index contributed by atoms with van der Waals surface area (Å²) < 4.78 is 33.0. The maximum atomic E-state index is 12.5. The summed E-state index contributed by atoms with van der Waals surface area (Å²) in [7, 11) is 0. The number of anilines is 1. The summed E-state index contributed by atoms with van der Waals surface area (Å²) in [5, 5.41) is 2.18. The van der Waals surface area contributed by atoms with Gasteiger partial charge in [-0.2, -0.15) is 0 Å². The average Bonchev–Trinajstić information content (AvgIpc) is 1.82. The van der Waals surface area contributed by atoms with Crippen molar-refractivity contribution in [1.29, 1.82) is 0 Å². The SMILES string of the molecule is [2H]C([2H])([2H])Nc1cccc(F)c1. The van der Waals surface area contributed by atoms with Gasteiger partial charge in [-0.15, -0.1) is 0 Å². The molecule has 0 atom stereocenters. The molecule has 0 aliphatic carbocycles. The summed E-state index contributed by atoms with van der Waals surface area (Å²) >= 11 is 0. The first-order valence-electron chi connectivity index (χ1n) is 4.01. The zero-order valence-corrected chi connectivity index (χ0v) is 4.69. The van der Waals surface area contributed by atoms with E-state index in [0.717, 1.165) is 6.07 Å². The van der Waals surface area contributed by atoms with Gasteiger partial charge in [-0.1, -0.05) is 6.07 Å². The van der Waals surface area contributed by atoms with Crippen LogP contribution in [0.3, 0.4) is 0 Å². The van der Waals surface area contributed by atoms with E-state index in [2.05, 4.69) is 5.32 Å². The summed E-state index contributed by atoms with van der Waals surface area (Å²) in [4.78, 5) is 0. The maximum absolute atomic E-state index is 12.5. The van der Waals surface area contributed by atoms with Gasteiger partial charge in [0.1, 0.15) is 5.82 Å². The van der Waals surface area contributed by atoms with Crippen molar-refractivity contribution < 1.29 is 8.50 Å². The molecule has 0 fully saturated rings. The van der Waals surface area contributed by atoms with Crippen molar-refractivity contribution in [3.8, 4) is 0 Å². The number of halogens is 1. The second-order valence-electron chi connectivity index (χ2n) is 1.64. The molecule has 1 N–H and O–H groups in total. The van der Waals surface area contributed by atoms with Gasteiger partial charge in [0.2, 0.25) is 0 Å². The first-order valence-corrected chi connectivity index (χ1v) is 2.51. The van der Waals surface area contributed by atoms with Gasteiger partial charge in [-0.05, 0) is 18.2 Å². The van der Waals surface area contributed by atoms with Crippen molar-refractivity contribution in [2.24, 2.45) is 0 Å². The maximum Gasteiger partial charge on any atom is 0.125 e. The van der Waals surface area contributed by atoms with E-state index in [9.17, 15) is 4.39 Å². The smallest absolute Gasteiger partial charge is 0.125 e. The van der Waals surface area contributed by atoms with Crippen LogP contribution in [0.5, 0.6) is 0 Å². The van der Waals surface area contributed by atoms with E-state index in [4.69, 9.17) is 4.11 Å². The quantitative estimate of drug-likeness (QED) is 0.608. The van der Waals surface area contributed by atoms with E-state index in [1.54, 1.807) is 0 Å². The van der Waals surface area contributed by atoms with E-state index in [-0.39, 0.29) is 5.69 Å². The Morgan fingerprint density at radius 1 is 1.67 bits per heavy atom. The van der Waals surface area contributed by atoms with Gasteiger partial charge in [0, 0.05) is 16.8 Å². The fourth-order valence-corrected chi connectivity index (χ4v) is 0.566. The molecule has 48 valence electrons. The molecule has 0 aliphatic heterocycles. The Balaban J connectivity index is 2.77. The molecule has 0 aromatic heterocycles. The first kappa shape index (κ1) is 3.20. The summed E-state index contributed by atoms with van der Waals surface area (Å²) in [6.07, 6.45) is 0. The molecule has 1 aromatic carbocycles. The Morgan fingerprint density at radius 3 is 3.22 bits per heavy atom. The molecular weight excluding hydrogens is 117 g/mol. The van der Waals surface area contributed by atoms with Crippen molar-refractivity contribution in [2.75, 3.05) is 12.3 Å². The highest BCUT2D eigenvalue weighted by Gasteiger charge is 1.88. The van der Waals surface area contributed by atoms with Gasteiger partial charge in [0.15, 0.2) is 0 Å². The molecule has 1 nitrogen and oxygen atoms in total. The molecule has 0 spiro atoms. The van der Waals surface area contributed by atoms with Crippen LogP contribution in [0.15, 0.2) is 24.3 Å². The normalized spacial score (nSPS) is 15.4. The van der Waals surface area contributed by atoms with Crippen LogP contribution in [-0.4, -0.2) is 6.98 Å². The Morgan fingerprint density at radius 2 is 2.56 bits per heavy atom. The van der Waals surface area contributed by atoms with E-state index >= 15 is 0 Å². The lowest BCUT2D eigenvalue weighted by Gasteiger charge is -1.96. The second kappa shape index (κ2) is 2.49.